The highest BCUT2D eigenvalue weighted by molar-refractivity contribution is 6.42. The molecule has 144 valence electrons. The summed E-state index contributed by atoms with van der Waals surface area (Å²) in [6.07, 6.45) is 6.31. The van der Waals surface area contributed by atoms with E-state index in [2.05, 4.69) is 22.4 Å². The van der Waals surface area contributed by atoms with Crippen LogP contribution in [0.4, 0.5) is 5.69 Å². The van der Waals surface area contributed by atoms with E-state index in [4.69, 9.17) is 9.47 Å². The molecule has 1 aromatic heterocycles. The summed E-state index contributed by atoms with van der Waals surface area (Å²) in [7, 11) is 0. The summed E-state index contributed by atoms with van der Waals surface area (Å²) in [4.78, 5) is 16.3. The Labute approximate surface area is 160 Å². The number of aromatic nitrogens is 1. The monoisotopic (exact) mass is 369 g/mol. The smallest absolute Gasteiger partial charge is 0.361 e. The lowest BCUT2D eigenvalue weighted by atomic mass is 10.2. The average Bonchev–Trinajstić information content (AvgIpc) is 2.70. The molecular formula is C21H27N3O3. The van der Waals surface area contributed by atoms with Crippen molar-refractivity contribution in [2.45, 2.75) is 39.5 Å². The van der Waals surface area contributed by atoms with Crippen molar-refractivity contribution < 1.29 is 14.3 Å². The van der Waals surface area contributed by atoms with Gasteiger partial charge in [0.2, 0.25) is 0 Å². The molecular weight excluding hydrogens is 342 g/mol. The average molecular weight is 369 g/mol. The van der Waals surface area contributed by atoms with E-state index in [0.717, 1.165) is 24.5 Å². The molecule has 1 N–H and O–H groups in total. The molecule has 0 fully saturated rings. The van der Waals surface area contributed by atoms with E-state index in [9.17, 15) is 4.79 Å². The lowest BCUT2D eigenvalue weighted by Gasteiger charge is -2.08. The molecule has 0 atom stereocenters. The van der Waals surface area contributed by atoms with Crippen LogP contribution in [-0.4, -0.2) is 29.9 Å². The second-order valence-corrected chi connectivity index (χ2v) is 5.94. The zero-order valence-electron chi connectivity index (χ0n) is 16.0. The van der Waals surface area contributed by atoms with Crippen LogP contribution < -0.4 is 10.2 Å². The van der Waals surface area contributed by atoms with Crippen molar-refractivity contribution in [2.75, 3.05) is 18.6 Å². The number of anilines is 1. The van der Waals surface area contributed by atoms with Gasteiger partial charge in [0, 0.05) is 6.20 Å². The second-order valence-electron chi connectivity index (χ2n) is 5.94. The van der Waals surface area contributed by atoms with Gasteiger partial charge in [0.05, 0.1) is 24.6 Å². The summed E-state index contributed by atoms with van der Waals surface area (Å²) in [6.45, 7) is 4.94. The Balaban J connectivity index is 1.97. The van der Waals surface area contributed by atoms with Gasteiger partial charge in [0.25, 0.3) is 0 Å². The first-order chi connectivity index (χ1) is 13.2. The minimum Gasteiger partial charge on any atom is -0.494 e. The summed E-state index contributed by atoms with van der Waals surface area (Å²) in [5.41, 5.74) is 4.21. The lowest BCUT2D eigenvalue weighted by molar-refractivity contribution is -0.134. The highest BCUT2D eigenvalue weighted by Crippen LogP contribution is 2.16. The minimum atomic E-state index is -0.518. The number of rotatable bonds is 11. The molecule has 27 heavy (non-hydrogen) atoms. The maximum atomic E-state index is 12.2. The van der Waals surface area contributed by atoms with Gasteiger partial charge in [-0.15, -0.1) is 0 Å². The van der Waals surface area contributed by atoms with E-state index in [0.29, 0.717) is 5.69 Å². The number of hydrogen-bond donors (Lipinski definition) is 1. The van der Waals surface area contributed by atoms with Crippen LogP contribution in [0.15, 0.2) is 53.8 Å². The van der Waals surface area contributed by atoms with Crippen molar-refractivity contribution in [3.63, 3.8) is 0 Å². The predicted octanol–water partition coefficient (Wildman–Crippen LogP) is 4.42. The Morgan fingerprint density at radius 3 is 2.56 bits per heavy atom. The van der Waals surface area contributed by atoms with Crippen LogP contribution >= 0.6 is 0 Å². The van der Waals surface area contributed by atoms with Gasteiger partial charge in [-0.1, -0.05) is 32.3 Å². The SMILES string of the molecule is CCCCCCOc1ccc(N/N=C(/C(=O)OCC)c2ccccn2)cc1. The quantitative estimate of drug-likeness (QED) is 0.275. The molecule has 0 bridgehead atoms. The molecule has 1 aromatic carbocycles. The number of carbonyl (C=O) groups excluding carboxylic acids is 1. The topological polar surface area (TPSA) is 72.8 Å². The van der Waals surface area contributed by atoms with Crippen LogP contribution in [-0.2, 0) is 9.53 Å². The highest BCUT2D eigenvalue weighted by Gasteiger charge is 2.16. The largest absolute Gasteiger partial charge is 0.494 e. The predicted molar refractivity (Wildman–Crippen MR) is 107 cm³/mol. The first-order valence-corrected chi connectivity index (χ1v) is 9.39. The maximum absolute atomic E-state index is 12.2. The Kier molecular flexibility index (Phi) is 8.83. The van der Waals surface area contributed by atoms with Crippen LogP contribution in [0, 0.1) is 0 Å². The molecule has 0 spiro atoms. The number of hydrogen-bond acceptors (Lipinski definition) is 6. The first-order valence-electron chi connectivity index (χ1n) is 9.39. The van der Waals surface area contributed by atoms with Gasteiger partial charge in [-0.25, -0.2) is 4.79 Å². The molecule has 6 heteroatoms. The van der Waals surface area contributed by atoms with E-state index in [-0.39, 0.29) is 12.3 Å². The summed E-state index contributed by atoms with van der Waals surface area (Å²) in [5, 5.41) is 4.20. The number of benzene rings is 1. The third kappa shape index (κ3) is 7.09. The number of carbonyl (C=O) groups is 1. The van der Waals surface area contributed by atoms with Crippen molar-refractivity contribution in [2.24, 2.45) is 5.10 Å². The Bertz CT molecular complexity index is 715. The van der Waals surface area contributed by atoms with Gasteiger partial charge in [-0.2, -0.15) is 5.10 Å². The zero-order valence-corrected chi connectivity index (χ0v) is 16.0. The van der Waals surface area contributed by atoms with Crippen molar-refractivity contribution in [3.05, 3.63) is 54.4 Å². The Morgan fingerprint density at radius 1 is 1.07 bits per heavy atom. The minimum absolute atomic E-state index is 0.133. The Hall–Kier alpha value is -2.89. The number of nitrogens with one attached hydrogen (secondary N) is 1. The molecule has 6 nitrogen and oxygen atoms in total. The maximum Gasteiger partial charge on any atom is 0.361 e. The van der Waals surface area contributed by atoms with Crippen LogP contribution in [0.5, 0.6) is 5.75 Å². The van der Waals surface area contributed by atoms with Crippen LogP contribution in [0.1, 0.15) is 45.2 Å². The fourth-order valence-corrected chi connectivity index (χ4v) is 2.37. The Morgan fingerprint density at radius 2 is 1.89 bits per heavy atom. The van der Waals surface area contributed by atoms with Crippen molar-refractivity contribution >= 4 is 17.4 Å². The van der Waals surface area contributed by atoms with Gasteiger partial charge in [0.1, 0.15) is 5.75 Å². The summed E-state index contributed by atoms with van der Waals surface area (Å²) in [6, 6.07) is 12.8. The summed E-state index contributed by atoms with van der Waals surface area (Å²) >= 11 is 0. The van der Waals surface area contributed by atoms with Gasteiger partial charge < -0.3 is 9.47 Å². The number of hydrazone groups is 1. The fourth-order valence-electron chi connectivity index (χ4n) is 2.37. The van der Waals surface area contributed by atoms with Crippen LogP contribution in [0.3, 0.4) is 0 Å². The number of pyridine rings is 1. The van der Waals surface area contributed by atoms with E-state index >= 15 is 0 Å². The van der Waals surface area contributed by atoms with E-state index in [1.807, 2.05) is 24.3 Å². The normalized spacial score (nSPS) is 11.1. The van der Waals surface area contributed by atoms with E-state index in [1.165, 1.54) is 19.3 Å². The molecule has 0 radical (unpaired) electrons. The molecule has 0 saturated heterocycles. The van der Waals surface area contributed by atoms with Crippen molar-refractivity contribution in [1.82, 2.24) is 4.98 Å². The van der Waals surface area contributed by atoms with Crippen LogP contribution in [0.2, 0.25) is 0 Å². The fraction of sp³-hybridized carbons (Fsp3) is 0.381. The summed E-state index contributed by atoms with van der Waals surface area (Å²) < 4.78 is 10.8. The number of nitrogens with zero attached hydrogens (tertiary/aromatic N) is 2. The van der Waals surface area contributed by atoms with Crippen molar-refractivity contribution in [3.8, 4) is 5.75 Å². The van der Waals surface area contributed by atoms with E-state index in [1.54, 1.807) is 31.3 Å². The standard InChI is InChI=1S/C21H27N3O3/c1-3-5-6-9-16-27-18-13-11-17(12-14-18)23-24-20(21(25)26-4-2)19-10-7-8-15-22-19/h7-8,10-15,23H,3-6,9,16H2,1-2H3/b24-20+. The first kappa shape index (κ1) is 20.4. The molecule has 0 aliphatic rings. The molecule has 2 rings (SSSR count). The number of unbranched alkanes of at least 4 members (excludes halogenated alkanes) is 3. The third-order valence-electron chi connectivity index (χ3n) is 3.79. The second kappa shape index (κ2) is 11.7. The van der Waals surface area contributed by atoms with Gasteiger partial charge in [-0.05, 0) is 49.7 Å². The van der Waals surface area contributed by atoms with Crippen LogP contribution in [0.25, 0.3) is 0 Å². The number of ether oxygens (including phenoxy) is 2. The van der Waals surface area contributed by atoms with E-state index < -0.39 is 5.97 Å². The van der Waals surface area contributed by atoms with Gasteiger partial charge in [-0.3, -0.25) is 10.4 Å². The molecule has 0 aliphatic heterocycles. The molecule has 0 saturated carbocycles. The molecule has 0 aliphatic carbocycles. The van der Waals surface area contributed by atoms with Gasteiger partial charge in [0.15, 0.2) is 5.71 Å². The molecule has 0 amide bonds. The summed E-state index contributed by atoms with van der Waals surface area (Å²) in [5.74, 6) is 0.298. The molecule has 1 heterocycles. The van der Waals surface area contributed by atoms with Crippen molar-refractivity contribution in [1.29, 1.82) is 0 Å². The third-order valence-corrected chi connectivity index (χ3v) is 3.79. The zero-order chi connectivity index (χ0) is 19.3. The van der Waals surface area contributed by atoms with Gasteiger partial charge >= 0.3 is 5.97 Å². The highest BCUT2D eigenvalue weighted by atomic mass is 16.5. The lowest BCUT2D eigenvalue weighted by Crippen LogP contribution is -2.21. The molecule has 2 aromatic rings. The molecule has 0 unspecified atom stereocenters. The number of esters is 1.